The molecule has 1 unspecified atom stereocenters. The zero-order valence-corrected chi connectivity index (χ0v) is 6.90. The van der Waals surface area contributed by atoms with Gasteiger partial charge in [-0.15, -0.1) is 0 Å². The van der Waals surface area contributed by atoms with Crippen LogP contribution in [0.15, 0.2) is 0 Å². The van der Waals surface area contributed by atoms with Crippen LogP contribution in [0.1, 0.15) is 13.8 Å². The number of rotatable bonds is 0. The fraction of sp³-hybridized carbons (Fsp3) is 0.857. The standard InChI is InChI=1S/C7H10ClNO/c1-6(2)4-10-5-7(6,8)3-9/h4-5H2,1-2H3. The summed E-state index contributed by atoms with van der Waals surface area (Å²) in [6, 6.07) is 2.07. The highest BCUT2D eigenvalue weighted by molar-refractivity contribution is 6.26. The van der Waals surface area contributed by atoms with Gasteiger partial charge in [-0.1, -0.05) is 25.4 Å². The van der Waals surface area contributed by atoms with E-state index in [0.29, 0.717) is 13.2 Å². The Labute approximate surface area is 65.7 Å². The lowest BCUT2D eigenvalue weighted by Gasteiger charge is -2.26. The first kappa shape index (κ1) is 7.84. The average Bonchev–Trinajstić information content (AvgIpc) is 2.10. The smallest absolute Gasteiger partial charge is 0.161 e. The highest BCUT2D eigenvalue weighted by atomic mass is 35.5. The molecule has 1 rings (SSSR count). The molecule has 3 heteroatoms. The minimum absolute atomic E-state index is 0.219. The molecule has 0 aliphatic carbocycles. The number of hydrogen-bond acceptors (Lipinski definition) is 2. The molecule has 0 saturated carbocycles. The second-order valence-corrected chi connectivity index (χ2v) is 3.93. The molecular formula is C7H10ClNO. The Kier molecular flexibility index (Phi) is 1.66. The molecule has 0 amide bonds. The van der Waals surface area contributed by atoms with E-state index in [1.165, 1.54) is 0 Å². The Bertz CT molecular complexity index is 185. The first-order chi connectivity index (χ1) is 4.52. The van der Waals surface area contributed by atoms with Gasteiger partial charge >= 0.3 is 0 Å². The third-order valence-corrected chi connectivity index (χ3v) is 2.72. The number of ether oxygens (including phenoxy) is 1. The van der Waals surface area contributed by atoms with Crippen LogP contribution in [-0.2, 0) is 4.74 Å². The molecule has 0 N–H and O–H groups in total. The quantitative estimate of drug-likeness (QED) is 0.503. The van der Waals surface area contributed by atoms with Crippen LogP contribution in [-0.4, -0.2) is 18.1 Å². The first-order valence-corrected chi connectivity index (χ1v) is 3.58. The fourth-order valence-corrected chi connectivity index (χ4v) is 1.07. The summed E-state index contributed by atoms with van der Waals surface area (Å²) in [5.74, 6) is 0. The van der Waals surface area contributed by atoms with E-state index in [1.54, 1.807) is 0 Å². The molecule has 1 aliphatic heterocycles. The van der Waals surface area contributed by atoms with Crippen molar-refractivity contribution in [1.29, 1.82) is 5.26 Å². The zero-order valence-electron chi connectivity index (χ0n) is 6.15. The van der Waals surface area contributed by atoms with Gasteiger partial charge in [0.25, 0.3) is 0 Å². The van der Waals surface area contributed by atoms with E-state index in [0.717, 1.165) is 0 Å². The molecule has 0 spiro atoms. The molecule has 1 heterocycles. The van der Waals surface area contributed by atoms with Crippen molar-refractivity contribution in [2.75, 3.05) is 13.2 Å². The van der Waals surface area contributed by atoms with Crippen LogP contribution in [0.4, 0.5) is 0 Å². The highest BCUT2D eigenvalue weighted by Crippen LogP contribution is 2.41. The van der Waals surface area contributed by atoms with E-state index < -0.39 is 4.87 Å². The van der Waals surface area contributed by atoms with Gasteiger partial charge in [0.15, 0.2) is 4.87 Å². The summed E-state index contributed by atoms with van der Waals surface area (Å²) >= 11 is 5.96. The third kappa shape index (κ3) is 0.902. The SMILES string of the molecule is CC1(C)COCC1(Cl)C#N. The lowest BCUT2D eigenvalue weighted by molar-refractivity contribution is 0.167. The van der Waals surface area contributed by atoms with Gasteiger partial charge in [0.05, 0.1) is 19.3 Å². The van der Waals surface area contributed by atoms with Crippen LogP contribution in [0, 0.1) is 16.7 Å². The monoisotopic (exact) mass is 159 g/mol. The van der Waals surface area contributed by atoms with E-state index in [4.69, 9.17) is 21.6 Å². The van der Waals surface area contributed by atoms with Gasteiger partial charge in [-0.2, -0.15) is 5.26 Å². The van der Waals surface area contributed by atoms with Crippen LogP contribution in [0.5, 0.6) is 0 Å². The maximum atomic E-state index is 8.70. The molecule has 1 fully saturated rings. The van der Waals surface area contributed by atoms with Crippen molar-refractivity contribution in [3.63, 3.8) is 0 Å². The van der Waals surface area contributed by atoms with Crippen LogP contribution in [0.2, 0.25) is 0 Å². The predicted octanol–water partition coefficient (Wildman–Crippen LogP) is 1.54. The average molecular weight is 160 g/mol. The molecular weight excluding hydrogens is 150 g/mol. The van der Waals surface area contributed by atoms with Crippen molar-refractivity contribution in [1.82, 2.24) is 0 Å². The number of nitrogens with zero attached hydrogens (tertiary/aromatic N) is 1. The molecule has 0 aromatic rings. The molecule has 1 aliphatic rings. The van der Waals surface area contributed by atoms with Crippen LogP contribution in [0.25, 0.3) is 0 Å². The lowest BCUT2D eigenvalue weighted by Crippen LogP contribution is -2.36. The number of alkyl halides is 1. The summed E-state index contributed by atoms with van der Waals surface area (Å²) in [4.78, 5) is -0.812. The molecule has 2 nitrogen and oxygen atoms in total. The van der Waals surface area contributed by atoms with E-state index in [-0.39, 0.29) is 5.41 Å². The Hall–Kier alpha value is -0.260. The van der Waals surface area contributed by atoms with Gasteiger partial charge in [-0.25, -0.2) is 0 Å². The molecule has 1 atom stereocenters. The molecule has 0 aromatic heterocycles. The summed E-state index contributed by atoms with van der Waals surface area (Å²) in [5.41, 5.74) is -0.219. The van der Waals surface area contributed by atoms with Gasteiger partial charge in [-0.05, 0) is 0 Å². The second kappa shape index (κ2) is 2.11. The van der Waals surface area contributed by atoms with Gasteiger partial charge in [-0.3, -0.25) is 0 Å². The molecule has 0 bridgehead atoms. The Morgan fingerprint density at radius 2 is 2.10 bits per heavy atom. The Balaban J connectivity index is 2.89. The van der Waals surface area contributed by atoms with Crippen molar-refractivity contribution in [2.45, 2.75) is 18.7 Å². The molecule has 0 radical (unpaired) electrons. The van der Waals surface area contributed by atoms with E-state index >= 15 is 0 Å². The van der Waals surface area contributed by atoms with Crippen LogP contribution >= 0.6 is 11.6 Å². The van der Waals surface area contributed by atoms with Crippen molar-refractivity contribution in [2.24, 2.45) is 5.41 Å². The summed E-state index contributed by atoms with van der Waals surface area (Å²) in [5, 5.41) is 8.70. The summed E-state index contributed by atoms with van der Waals surface area (Å²) in [7, 11) is 0. The number of hydrogen-bond donors (Lipinski definition) is 0. The minimum Gasteiger partial charge on any atom is -0.378 e. The fourth-order valence-electron chi connectivity index (χ4n) is 0.940. The Morgan fingerprint density at radius 1 is 1.50 bits per heavy atom. The van der Waals surface area contributed by atoms with Gasteiger partial charge in [0.2, 0.25) is 0 Å². The molecule has 56 valence electrons. The minimum atomic E-state index is -0.812. The van der Waals surface area contributed by atoms with Crippen LogP contribution < -0.4 is 0 Å². The largest absolute Gasteiger partial charge is 0.378 e. The summed E-state index contributed by atoms with van der Waals surface area (Å²) in [6.45, 7) is 4.80. The number of halogens is 1. The van der Waals surface area contributed by atoms with Crippen molar-refractivity contribution in [3.8, 4) is 6.07 Å². The first-order valence-electron chi connectivity index (χ1n) is 3.20. The maximum absolute atomic E-state index is 8.70. The molecule has 1 saturated heterocycles. The predicted molar refractivity (Wildman–Crippen MR) is 38.8 cm³/mol. The van der Waals surface area contributed by atoms with E-state index in [1.807, 2.05) is 13.8 Å². The molecule has 0 aromatic carbocycles. The van der Waals surface area contributed by atoms with Gasteiger partial charge in [0.1, 0.15) is 0 Å². The lowest BCUT2D eigenvalue weighted by atomic mass is 9.82. The third-order valence-electron chi connectivity index (χ3n) is 2.01. The topological polar surface area (TPSA) is 33.0 Å². The van der Waals surface area contributed by atoms with Crippen molar-refractivity contribution >= 4 is 11.6 Å². The normalized spacial score (nSPS) is 37.4. The summed E-state index contributed by atoms with van der Waals surface area (Å²) < 4.78 is 5.11. The highest BCUT2D eigenvalue weighted by Gasteiger charge is 2.49. The maximum Gasteiger partial charge on any atom is 0.161 e. The van der Waals surface area contributed by atoms with Crippen molar-refractivity contribution in [3.05, 3.63) is 0 Å². The second-order valence-electron chi connectivity index (χ2n) is 3.29. The van der Waals surface area contributed by atoms with Crippen LogP contribution in [0.3, 0.4) is 0 Å². The Morgan fingerprint density at radius 3 is 2.30 bits per heavy atom. The van der Waals surface area contributed by atoms with E-state index in [2.05, 4.69) is 6.07 Å². The van der Waals surface area contributed by atoms with E-state index in [9.17, 15) is 0 Å². The molecule has 10 heavy (non-hydrogen) atoms. The number of nitriles is 1. The van der Waals surface area contributed by atoms with Gasteiger partial charge < -0.3 is 4.74 Å². The summed E-state index contributed by atoms with van der Waals surface area (Å²) in [6.07, 6.45) is 0. The zero-order chi connectivity index (χ0) is 7.83. The van der Waals surface area contributed by atoms with Gasteiger partial charge in [0, 0.05) is 5.41 Å². The van der Waals surface area contributed by atoms with Crippen molar-refractivity contribution < 1.29 is 4.74 Å².